The van der Waals surface area contributed by atoms with Gasteiger partial charge in [-0.15, -0.1) is 11.3 Å². The molecule has 2 atom stereocenters. The lowest BCUT2D eigenvalue weighted by atomic mass is 9.98. The molecule has 2 unspecified atom stereocenters. The van der Waals surface area contributed by atoms with Crippen molar-refractivity contribution in [1.82, 2.24) is 10.3 Å². The van der Waals surface area contributed by atoms with Gasteiger partial charge in [-0.2, -0.15) is 0 Å². The van der Waals surface area contributed by atoms with Gasteiger partial charge in [0.15, 0.2) is 9.84 Å². The molecule has 7 heteroatoms. The Bertz CT molecular complexity index is 501. The Labute approximate surface area is 118 Å². The lowest BCUT2D eigenvalue weighted by molar-refractivity contribution is 0.184. The summed E-state index contributed by atoms with van der Waals surface area (Å²) in [4.78, 5) is 4.36. The van der Waals surface area contributed by atoms with Crippen LogP contribution in [0.1, 0.15) is 24.3 Å². The van der Waals surface area contributed by atoms with E-state index in [9.17, 15) is 8.42 Å². The highest BCUT2D eigenvalue weighted by atomic mass is 32.2. The van der Waals surface area contributed by atoms with Gasteiger partial charge in [0.25, 0.3) is 0 Å². The molecule has 1 aromatic rings. The molecule has 19 heavy (non-hydrogen) atoms. The van der Waals surface area contributed by atoms with E-state index in [1.54, 1.807) is 13.3 Å². The SMILES string of the molecule is COCCNC1(c2nccs2)CCCC1S(C)(=O)=O. The van der Waals surface area contributed by atoms with Crippen molar-refractivity contribution < 1.29 is 13.2 Å². The largest absolute Gasteiger partial charge is 0.383 e. The third-order valence-corrected chi connectivity index (χ3v) is 6.29. The molecule has 0 bridgehead atoms. The Kier molecular flexibility index (Phi) is 4.60. The number of methoxy groups -OCH3 is 1. The van der Waals surface area contributed by atoms with Crippen LogP contribution in [0.5, 0.6) is 0 Å². The van der Waals surface area contributed by atoms with Crippen molar-refractivity contribution in [2.45, 2.75) is 30.1 Å². The molecule has 0 radical (unpaired) electrons. The summed E-state index contributed by atoms with van der Waals surface area (Å²) in [6, 6.07) is 0. The highest BCUT2D eigenvalue weighted by Crippen LogP contribution is 2.43. The molecule has 108 valence electrons. The summed E-state index contributed by atoms with van der Waals surface area (Å²) >= 11 is 1.52. The molecule has 5 nitrogen and oxygen atoms in total. The normalized spacial score (nSPS) is 27.8. The van der Waals surface area contributed by atoms with E-state index in [1.165, 1.54) is 17.6 Å². The first-order valence-corrected chi connectivity index (χ1v) is 9.17. The topological polar surface area (TPSA) is 68.3 Å². The Balaban J connectivity index is 2.34. The number of hydrogen-bond acceptors (Lipinski definition) is 6. The number of nitrogens with zero attached hydrogens (tertiary/aromatic N) is 1. The Morgan fingerprint density at radius 3 is 3.00 bits per heavy atom. The van der Waals surface area contributed by atoms with Gasteiger partial charge in [-0.25, -0.2) is 13.4 Å². The highest BCUT2D eigenvalue weighted by molar-refractivity contribution is 7.91. The van der Waals surface area contributed by atoms with Gasteiger partial charge >= 0.3 is 0 Å². The zero-order chi connectivity index (χ0) is 13.9. The van der Waals surface area contributed by atoms with Crippen LogP contribution in [0.3, 0.4) is 0 Å². The van der Waals surface area contributed by atoms with Gasteiger partial charge in [-0.05, 0) is 19.3 Å². The van der Waals surface area contributed by atoms with Gasteiger partial charge in [-0.1, -0.05) is 0 Å². The van der Waals surface area contributed by atoms with E-state index in [1.807, 2.05) is 5.38 Å². The van der Waals surface area contributed by atoms with Crippen LogP contribution in [0.2, 0.25) is 0 Å². The van der Waals surface area contributed by atoms with Crippen LogP contribution in [0.15, 0.2) is 11.6 Å². The van der Waals surface area contributed by atoms with Crippen molar-refractivity contribution in [3.63, 3.8) is 0 Å². The molecule has 0 aliphatic heterocycles. The smallest absolute Gasteiger partial charge is 0.152 e. The molecule has 1 saturated carbocycles. The molecular formula is C12H20N2O3S2. The molecule has 2 rings (SSSR count). The molecule has 1 aliphatic carbocycles. The van der Waals surface area contributed by atoms with E-state index < -0.39 is 20.6 Å². The fraction of sp³-hybridized carbons (Fsp3) is 0.750. The number of sulfone groups is 1. The van der Waals surface area contributed by atoms with E-state index in [0.29, 0.717) is 19.6 Å². The maximum atomic E-state index is 12.1. The van der Waals surface area contributed by atoms with E-state index in [2.05, 4.69) is 10.3 Å². The summed E-state index contributed by atoms with van der Waals surface area (Å²) in [5, 5.41) is 5.77. The number of rotatable bonds is 6. The molecule has 1 aliphatic rings. The Morgan fingerprint density at radius 2 is 2.42 bits per heavy atom. The second kappa shape index (κ2) is 5.87. The van der Waals surface area contributed by atoms with Crippen LogP contribution in [-0.4, -0.2) is 45.2 Å². The highest BCUT2D eigenvalue weighted by Gasteiger charge is 2.50. The van der Waals surface area contributed by atoms with Crippen LogP contribution in [0, 0.1) is 0 Å². The van der Waals surface area contributed by atoms with Crippen molar-refractivity contribution in [3.05, 3.63) is 16.6 Å². The predicted molar refractivity (Wildman–Crippen MR) is 76.2 cm³/mol. The first-order chi connectivity index (χ1) is 9.00. The molecular weight excluding hydrogens is 284 g/mol. The van der Waals surface area contributed by atoms with Crippen molar-refractivity contribution in [2.24, 2.45) is 0 Å². The fourth-order valence-corrected chi connectivity index (χ4v) is 5.51. The van der Waals surface area contributed by atoms with Crippen molar-refractivity contribution in [3.8, 4) is 0 Å². The lowest BCUT2D eigenvalue weighted by Crippen LogP contribution is -2.52. The summed E-state index contributed by atoms with van der Waals surface area (Å²) in [5.41, 5.74) is -0.541. The van der Waals surface area contributed by atoms with Crippen molar-refractivity contribution >= 4 is 21.2 Å². The minimum atomic E-state index is -3.11. The summed E-state index contributed by atoms with van der Waals surface area (Å²) in [6.45, 7) is 1.19. The maximum Gasteiger partial charge on any atom is 0.152 e. The maximum absolute atomic E-state index is 12.1. The summed E-state index contributed by atoms with van der Waals surface area (Å²) in [6.07, 6.45) is 5.46. The summed E-state index contributed by atoms with van der Waals surface area (Å²) < 4.78 is 29.2. The number of nitrogens with one attached hydrogen (secondary N) is 1. The van der Waals surface area contributed by atoms with Gasteiger partial charge in [0, 0.05) is 31.5 Å². The van der Waals surface area contributed by atoms with Crippen LogP contribution in [0.25, 0.3) is 0 Å². The second-order valence-corrected chi connectivity index (χ2v) is 8.06. The van der Waals surface area contributed by atoms with E-state index in [-0.39, 0.29) is 0 Å². The number of aromatic nitrogens is 1. The van der Waals surface area contributed by atoms with Crippen molar-refractivity contribution in [2.75, 3.05) is 26.5 Å². The molecule has 0 saturated heterocycles. The average molecular weight is 304 g/mol. The van der Waals surface area contributed by atoms with Crippen LogP contribution in [-0.2, 0) is 20.1 Å². The third-order valence-electron chi connectivity index (χ3n) is 3.66. The minimum absolute atomic E-state index is 0.400. The molecule has 1 fully saturated rings. The van der Waals surface area contributed by atoms with E-state index in [4.69, 9.17) is 4.74 Å². The van der Waals surface area contributed by atoms with Crippen molar-refractivity contribution in [1.29, 1.82) is 0 Å². The van der Waals surface area contributed by atoms with Crippen LogP contribution < -0.4 is 5.32 Å². The molecule has 0 aromatic carbocycles. The Morgan fingerprint density at radius 1 is 1.63 bits per heavy atom. The third kappa shape index (κ3) is 2.99. The monoisotopic (exact) mass is 304 g/mol. The fourth-order valence-electron chi connectivity index (χ4n) is 2.90. The Hall–Kier alpha value is -0.500. The molecule has 1 heterocycles. The average Bonchev–Trinajstić information content (AvgIpc) is 2.97. The lowest BCUT2D eigenvalue weighted by Gasteiger charge is -2.34. The predicted octanol–water partition coefficient (Wildman–Crippen LogP) is 1.17. The molecule has 0 spiro atoms. The van der Waals surface area contributed by atoms with Gasteiger partial charge < -0.3 is 10.1 Å². The zero-order valence-electron chi connectivity index (χ0n) is 11.3. The number of ether oxygens (including phenoxy) is 1. The summed E-state index contributed by atoms with van der Waals surface area (Å²) in [7, 11) is -1.47. The summed E-state index contributed by atoms with van der Waals surface area (Å²) in [5.74, 6) is 0. The van der Waals surface area contributed by atoms with Crippen LogP contribution in [0.4, 0.5) is 0 Å². The van der Waals surface area contributed by atoms with Gasteiger partial charge in [0.2, 0.25) is 0 Å². The first kappa shape index (κ1) is 14.9. The standard InChI is InChI=1S/C12H20N2O3S2/c1-17-8-6-14-12(11-13-7-9-18-11)5-3-4-10(12)19(2,15)16/h7,9-10,14H,3-6,8H2,1-2H3. The number of hydrogen-bond donors (Lipinski definition) is 1. The number of thiazole rings is 1. The van der Waals surface area contributed by atoms with Gasteiger partial charge in [0.05, 0.1) is 17.4 Å². The van der Waals surface area contributed by atoms with Gasteiger partial charge in [0.1, 0.15) is 5.01 Å². The minimum Gasteiger partial charge on any atom is -0.383 e. The van der Waals surface area contributed by atoms with Crippen LogP contribution >= 0.6 is 11.3 Å². The first-order valence-electron chi connectivity index (χ1n) is 6.33. The van der Waals surface area contributed by atoms with Gasteiger partial charge in [-0.3, -0.25) is 0 Å². The quantitative estimate of drug-likeness (QED) is 0.799. The van der Waals surface area contributed by atoms with E-state index >= 15 is 0 Å². The zero-order valence-corrected chi connectivity index (χ0v) is 12.9. The molecule has 1 N–H and O–H groups in total. The molecule has 0 amide bonds. The second-order valence-electron chi connectivity index (χ2n) is 4.94. The molecule has 1 aromatic heterocycles. The van der Waals surface area contributed by atoms with E-state index in [0.717, 1.165) is 17.8 Å².